The number of likely N-dealkylation sites (N-methyl/N-ethyl adjacent to an activating group) is 1. The van der Waals surface area contributed by atoms with Crippen molar-refractivity contribution in [1.29, 1.82) is 0 Å². The lowest BCUT2D eigenvalue weighted by atomic mass is 10.0. The first-order valence-corrected chi connectivity index (χ1v) is 15.9. The average Bonchev–Trinajstić information content (AvgIpc) is 3.59. The number of aryl methyl sites for hydroxylation is 3. The molecule has 3 aromatic heterocycles. The molecule has 1 amide bonds. The molecule has 0 fully saturated rings. The molecule has 0 aliphatic rings. The van der Waals surface area contributed by atoms with E-state index in [1.54, 1.807) is 7.05 Å². The monoisotopic (exact) mass is 645 g/mol. The normalized spacial score (nSPS) is 11.0. The fourth-order valence-electron chi connectivity index (χ4n) is 5.49. The standard InChI is InChI=1S/C29H32N4O.C8H11N5O/c1-5-25-20-23-13-11-12-22(28(23)29(34)33(25)26-14-9-8-10-15-26)16-17-24-21-30-31(4)27(24)18-19-32(6-2)7-3;1-3-4-11-8-5(7(10)14)6(9)12-13(8)2/h8-15,20-21H,5-7,18-19H2,1-4H3;3-4H,1H2,2H3,(H2,9,12)(H2,10,14)/b;11-4-. The molecule has 0 radical (unpaired) electrons. The van der Waals surface area contributed by atoms with Gasteiger partial charge < -0.3 is 16.4 Å². The van der Waals surface area contributed by atoms with Crippen LogP contribution in [0.2, 0.25) is 0 Å². The van der Waals surface area contributed by atoms with Crippen LogP contribution in [0.15, 0.2) is 83.2 Å². The number of nitrogens with two attached hydrogens (primary N) is 2. The maximum Gasteiger partial charge on any atom is 0.264 e. The van der Waals surface area contributed by atoms with Gasteiger partial charge in [0.2, 0.25) is 0 Å². The fourth-order valence-corrected chi connectivity index (χ4v) is 5.49. The van der Waals surface area contributed by atoms with E-state index in [0.717, 1.165) is 66.1 Å². The molecule has 48 heavy (non-hydrogen) atoms. The lowest BCUT2D eigenvalue weighted by Gasteiger charge is -2.17. The van der Waals surface area contributed by atoms with Gasteiger partial charge in [0.15, 0.2) is 11.6 Å². The molecule has 11 nitrogen and oxygen atoms in total. The van der Waals surface area contributed by atoms with Crippen LogP contribution in [0, 0.1) is 11.8 Å². The summed E-state index contributed by atoms with van der Waals surface area (Å²) in [6, 6.07) is 17.8. The maximum atomic E-state index is 13.7. The molecule has 5 rings (SSSR count). The van der Waals surface area contributed by atoms with Gasteiger partial charge in [0.25, 0.3) is 11.5 Å². The van der Waals surface area contributed by atoms with Crippen LogP contribution in [0.5, 0.6) is 0 Å². The van der Waals surface area contributed by atoms with Gasteiger partial charge in [-0.05, 0) is 49.2 Å². The third kappa shape index (κ3) is 7.79. The Bertz CT molecular complexity index is 2050. The van der Waals surface area contributed by atoms with Crippen LogP contribution < -0.4 is 17.0 Å². The van der Waals surface area contributed by atoms with Crippen LogP contribution in [-0.4, -0.2) is 60.8 Å². The average molecular weight is 646 g/mol. The second kappa shape index (κ2) is 16.2. The van der Waals surface area contributed by atoms with Gasteiger partial charge in [-0.1, -0.05) is 75.6 Å². The third-order valence-corrected chi connectivity index (χ3v) is 8.04. The number of rotatable bonds is 10. The van der Waals surface area contributed by atoms with E-state index in [9.17, 15) is 9.59 Å². The number of pyridine rings is 1. The lowest BCUT2D eigenvalue weighted by Crippen LogP contribution is -2.26. The zero-order chi connectivity index (χ0) is 34.8. The Kier molecular flexibility index (Phi) is 11.9. The van der Waals surface area contributed by atoms with Gasteiger partial charge >= 0.3 is 0 Å². The van der Waals surface area contributed by atoms with Crippen molar-refractivity contribution in [2.75, 3.05) is 25.4 Å². The number of benzene rings is 2. The minimum Gasteiger partial charge on any atom is -0.381 e. The molecule has 0 aliphatic carbocycles. The van der Waals surface area contributed by atoms with Crippen molar-refractivity contribution in [3.8, 4) is 17.5 Å². The number of aliphatic imine (C=N–C) groups is 1. The van der Waals surface area contributed by atoms with Crippen molar-refractivity contribution in [2.45, 2.75) is 33.6 Å². The highest BCUT2D eigenvalue weighted by molar-refractivity contribution is 6.02. The highest BCUT2D eigenvalue weighted by atomic mass is 16.1. The van der Waals surface area contributed by atoms with Crippen LogP contribution in [0.3, 0.4) is 0 Å². The summed E-state index contributed by atoms with van der Waals surface area (Å²) in [7, 11) is 3.59. The van der Waals surface area contributed by atoms with Gasteiger partial charge in [-0.15, -0.1) is 0 Å². The van der Waals surface area contributed by atoms with Gasteiger partial charge in [-0.3, -0.25) is 18.8 Å². The van der Waals surface area contributed by atoms with E-state index in [1.807, 2.05) is 71.0 Å². The number of anilines is 1. The van der Waals surface area contributed by atoms with Crippen molar-refractivity contribution in [2.24, 2.45) is 24.8 Å². The smallest absolute Gasteiger partial charge is 0.264 e. The summed E-state index contributed by atoms with van der Waals surface area (Å²) in [5, 5.41) is 9.86. The molecular formula is C37H43N9O2. The van der Waals surface area contributed by atoms with E-state index in [1.165, 1.54) is 17.0 Å². The Balaban J connectivity index is 0.000000312. The Labute approximate surface area is 281 Å². The second-order valence-corrected chi connectivity index (χ2v) is 11.0. The van der Waals surface area contributed by atoms with E-state index >= 15 is 0 Å². The van der Waals surface area contributed by atoms with Crippen molar-refractivity contribution in [1.82, 2.24) is 29.0 Å². The lowest BCUT2D eigenvalue weighted by molar-refractivity contribution is 0.100. The van der Waals surface area contributed by atoms with Crippen LogP contribution >= 0.6 is 0 Å². The minimum atomic E-state index is -0.646. The topological polar surface area (TPSA) is 142 Å². The molecule has 0 unspecified atom stereocenters. The summed E-state index contributed by atoms with van der Waals surface area (Å²) < 4.78 is 5.11. The van der Waals surface area contributed by atoms with Crippen LogP contribution in [-0.2, 0) is 26.9 Å². The van der Waals surface area contributed by atoms with Crippen LogP contribution in [0.1, 0.15) is 53.6 Å². The third-order valence-electron chi connectivity index (χ3n) is 8.04. The number of primary amides is 1. The molecule has 3 heterocycles. The van der Waals surface area contributed by atoms with Gasteiger partial charge in [-0.2, -0.15) is 10.2 Å². The number of nitrogen functional groups attached to an aromatic ring is 1. The summed E-state index contributed by atoms with van der Waals surface area (Å²) in [4.78, 5) is 31.1. The Morgan fingerprint density at radius 3 is 2.38 bits per heavy atom. The van der Waals surface area contributed by atoms with Gasteiger partial charge in [0.1, 0.15) is 5.56 Å². The summed E-state index contributed by atoms with van der Waals surface area (Å²) >= 11 is 0. The predicted octanol–water partition coefficient (Wildman–Crippen LogP) is 4.56. The number of hydrogen-bond donors (Lipinski definition) is 2. The number of amides is 1. The Morgan fingerprint density at radius 1 is 1.02 bits per heavy atom. The SMILES string of the molecule is C=C/C=N\c1c(C(N)=O)c(N)nn1C.CCc1cc2cccc(C#Cc3cnn(C)c3CCN(CC)CC)c2c(=O)n1-c1ccccc1. The molecular weight excluding hydrogens is 602 g/mol. The molecule has 2 aromatic carbocycles. The number of para-hydroxylation sites is 1. The van der Waals surface area contributed by atoms with E-state index in [-0.39, 0.29) is 16.9 Å². The molecule has 0 atom stereocenters. The van der Waals surface area contributed by atoms with Crippen molar-refractivity contribution in [3.63, 3.8) is 0 Å². The highest BCUT2D eigenvalue weighted by Crippen LogP contribution is 2.23. The zero-order valence-electron chi connectivity index (χ0n) is 28.3. The molecule has 0 bridgehead atoms. The number of allylic oxidation sites excluding steroid dienone is 1. The Morgan fingerprint density at radius 2 is 1.73 bits per heavy atom. The molecule has 0 saturated heterocycles. The number of carbonyl (C=O) groups is 1. The number of nitrogens with zero attached hydrogens (tertiary/aromatic N) is 7. The fraction of sp³-hybridized carbons (Fsp3) is 0.270. The summed E-state index contributed by atoms with van der Waals surface area (Å²) in [6.45, 7) is 12.9. The highest BCUT2D eigenvalue weighted by Gasteiger charge is 2.18. The summed E-state index contributed by atoms with van der Waals surface area (Å²) in [5.41, 5.74) is 15.4. The zero-order valence-corrected chi connectivity index (χ0v) is 28.3. The number of fused-ring (bicyclic) bond motifs is 1. The predicted molar refractivity (Wildman–Crippen MR) is 194 cm³/mol. The maximum absolute atomic E-state index is 13.7. The van der Waals surface area contributed by atoms with Gasteiger partial charge in [0.05, 0.1) is 22.8 Å². The Hall–Kier alpha value is -5.73. The number of hydrogen-bond acceptors (Lipinski definition) is 7. The van der Waals surface area contributed by atoms with Crippen molar-refractivity contribution < 1.29 is 4.79 Å². The van der Waals surface area contributed by atoms with E-state index in [2.05, 4.69) is 65.3 Å². The van der Waals surface area contributed by atoms with E-state index in [4.69, 9.17) is 11.5 Å². The number of aromatic nitrogens is 5. The van der Waals surface area contributed by atoms with Crippen molar-refractivity contribution >= 4 is 34.5 Å². The molecule has 248 valence electrons. The first-order valence-electron chi connectivity index (χ1n) is 15.9. The quantitative estimate of drug-likeness (QED) is 0.169. The van der Waals surface area contributed by atoms with E-state index in [0.29, 0.717) is 11.2 Å². The molecule has 4 N–H and O–H groups in total. The molecule has 5 aromatic rings. The molecule has 11 heteroatoms. The summed E-state index contributed by atoms with van der Waals surface area (Å²) in [5.74, 6) is 6.38. The molecule has 0 spiro atoms. The summed E-state index contributed by atoms with van der Waals surface area (Å²) in [6.07, 6.45) is 6.39. The van der Waals surface area contributed by atoms with Crippen molar-refractivity contribution in [3.05, 3.63) is 112 Å². The molecule has 0 saturated carbocycles. The second-order valence-electron chi connectivity index (χ2n) is 11.0. The first-order chi connectivity index (χ1) is 23.1. The first kappa shape index (κ1) is 35.1. The minimum absolute atomic E-state index is 0.0293. The molecule has 0 aliphatic heterocycles. The van der Waals surface area contributed by atoms with E-state index < -0.39 is 5.91 Å². The van der Waals surface area contributed by atoms with Gasteiger partial charge in [-0.25, -0.2) is 9.67 Å². The van der Waals surface area contributed by atoms with Gasteiger partial charge in [0, 0.05) is 50.2 Å². The largest absolute Gasteiger partial charge is 0.381 e. The van der Waals surface area contributed by atoms with Crippen LogP contribution in [0.25, 0.3) is 16.5 Å². The number of carbonyl (C=O) groups excluding carboxylic acids is 1. The van der Waals surface area contributed by atoms with Crippen LogP contribution in [0.4, 0.5) is 11.6 Å².